The van der Waals surface area contributed by atoms with E-state index in [1.807, 2.05) is 19.9 Å². The standard InChI is InChI=1S/C14H21FN2O/c1-3-17(4-2)14(18)11-16-10-9-12-7-5-6-8-13(12)15/h5-8,16H,3-4,9-11H2,1-2H3. The number of carbonyl (C=O) groups is 1. The van der Waals surface area contributed by atoms with Crippen molar-refractivity contribution >= 4 is 5.91 Å². The molecule has 100 valence electrons. The first-order valence-corrected chi connectivity index (χ1v) is 6.40. The van der Waals surface area contributed by atoms with Crippen molar-refractivity contribution in [3.8, 4) is 0 Å². The SMILES string of the molecule is CCN(CC)C(=O)CNCCc1ccccc1F. The molecule has 0 atom stereocenters. The van der Waals surface area contributed by atoms with Gasteiger partial charge in [0.2, 0.25) is 5.91 Å². The van der Waals surface area contributed by atoms with Gasteiger partial charge in [0.15, 0.2) is 0 Å². The van der Waals surface area contributed by atoms with Gasteiger partial charge in [-0.1, -0.05) is 18.2 Å². The van der Waals surface area contributed by atoms with Crippen LogP contribution in [0.2, 0.25) is 0 Å². The third kappa shape index (κ3) is 4.45. The maximum absolute atomic E-state index is 13.3. The fraction of sp³-hybridized carbons (Fsp3) is 0.500. The Balaban J connectivity index is 2.27. The van der Waals surface area contributed by atoms with Gasteiger partial charge in [0, 0.05) is 13.1 Å². The Morgan fingerprint density at radius 1 is 1.28 bits per heavy atom. The predicted molar refractivity (Wildman–Crippen MR) is 70.9 cm³/mol. The van der Waals surface area contributed by atoms with Gasteiger partial charge in [0.25, 0.3) is 0 Å². The number of carbonyl (C=O) groups excluding carboxylic acids is 1. The average Bonchev–Trinajstić information content (AvgIpc) is 2.38. The van der Waals surface area contributed by atoms with Gasteiger partial charge in [-0.05, 0) is 38.4 Å². The van der Waals surface area contributed by atoms with E-state index >= 15 is 0 Å². The molecule has 1 N–H and O–H groups in total. The summed E-state index contributed by atoms with van der Waals surface area (Å²) in [5.74, 6) is -0.0945. The second-order valence-corrected chi connectivity index (χ2v) is 4.08. The fourth-order valence-electron chi connectivity index (χ4n) is 1.81. The summed E-state index contributed by atoms with van der Waals surface area (Å²) in [7, 11) is 0. The monoisotopic (exact) mass is 252 g/mol. The number of likely N-dealkylation sites (N-methyl/N-ethyl adjacent to an activating group) is 1. The molecule has 3 nitrogen and oxygen atoms in total. The predicted octanol–water partition coefficient (Wildman–Crippen LogP) is 1.83. The highest BCUT2D eigenvalue weighted by Gasteiger charge is 2.08. The summed E-state index contributed by atoms with van der Waals surface area (Å²) in [5, 5.41) is 3.05. The van der Waals surface area contributed by atoms with Crippen LogP contribution in [-0.4, -0.2) is 37.0 Å². The Kier molecular flexibility index (Phi) is 6.36. The summed E-state index contributed by atoms with van der Waals surface area (Å²) in [4.78, 5) is 13.4. The quantitative estimate of drug-likeness (QED) is 0.751. The second-order valence-electron chi connectivity index (χ2n) is 4.08. The van der Waals surface area contributed by atoms with Gasteiger partial charge < -0.3 is 10.2 Å². The van der Waals surface area contributed by atoms with Crippen molar-refractivity contribution in [2.75, 3.05) is 26.2 Å². The highest BCUT2D eigenvalue weighted by Crippen LogP contribution is 2.05. The Morgan fingerprint density at radius 2 is 1.94 bits per heavy atom. The lowest BCUT2D eigenvalue weighted by molar-refractivity contribution is -0.129. The molecule has 1 aromatic carbocycles. The van der Waals surface area contributed by atoms with E-state index in [9.17, 15) is 9.18 Å². The molecule has 1 amide bonds. The van der Waals surface area contributed by atoms with Crippen LogP contribution < -0.4 is 5.32 Å². The minimum atomic E-state index is -0.186. The third-order valence-corrected chi connectivity index (χ3v) is 2.92. The molecule has 0 heterocycles. The molecular formula is C14H21FN2O. The molecule has 0 aromatic heterocycles. The number of halogens is 1. The van der Waals surface area contributed by atoms with E-state index in [0.717, 1.165) is 13.1 Å². The smallest absolute Gasteiger partial charge is 0.236 e. The van der Waals surface area contributed by atoms with E-state index in [-0.39, 0.29) is 11.7 Å². The summed E-state index contributed by atoms with van der Waals surface area (Å²) in [6.45, 7) is 6.29. The first kappa shape index (κ1) is 14.6. The van der Waals surface area contributed by atoms with Crippen LogP contribution in [0.4, 0.5) is 4.39 Å². The molecule has 4 heteroatoms. The van der Waals surface area contributed by atoms with Crippen molar-refractivity contribution < 1.29 is 9.18 Å². The number of benzene rings is 1. The molecule has 0 saturated carbocycles. The van der Waals surface area contributed by atoms with Gasteiger partial charge in [0.05, 0.1) is 6.54 Å². The van der Waals surface area contributed by atoms with Gasteiger partial charge in [-0.2, -0.15) is 0 Å². The lowest BCUT2D eigenvalue weighted by atomic mass is 10.1. The number of nitrogens with zero attached hydrogens (tertiary/aromatic N) is 1. The van der Waals surface area contributed by atoms with Crippen molar-refractivity contribution in [3.05, 3.63) is 35.6 Å². The molecule has 0 radical (unpaired) electrons. The first-order chi connectivity index (χ1) is 8.69. The van der Waals surface area contributed by atoms with Gasteiger partial charge in [-0.25, -0.2) is 4.39 Å². The van der Waals surface area contributed by atoms with Crippen LogP contribution in [0.1, 0.15) is 19.4 Å². The number of hydrogen-bond acceptors (Lipinski definition) is 2. The van der Waals surface area contributed by atoms with Crippen molar-refractivity contribution in [1.82, 2.24) is 10.2 Å². The number of amides is 1. The number of rotatable bonds is 7. The van der Waals surface area contributed by atoms with Crippen LogP contribution in [0, 0.1) is 5.82 Å². The summed E-state index contributed by atoms with van der Waals surface area (Å²) in [5.41, 5.74) is 0.681. The molecular weight excluding hydrogens is 231 g/mol. The van der Waals surface area contributed by atoms with E-state index < -0.39 is 0 Å². The van der Waals surface area contributed by atoms with Crippen molar-refractivity contribution in [2.24, 2.45) is 0 Å². The van der Waals surface area contributed by atoms with Crippen LogP contribution >= 0.6 is 0 Å². The van der Waals surface area contributed by atoms with Gasteiger partial charge >= 0.3 is 0 Å². The van der Waals surface area contributed by atoms with Crippen molar-refractivity contribution in [2.45, 2.75) is 20.3 Å². The highest BCUT2D eigenvalue weighted by atomic mass is 19.1. The van der Waals surface area contributed by atoms with Crippen molar-refractivity contribution in [1.29, 1.82) is 0 Å². The fourth-order valence-corrected chi connectivity index (χ4v) is 1.81. The molecule has 0 aliphatic carbocycles. The Hall–Kier alpha value is -1.42. The lowest BCUT2D eigenvalue weighted by Crippen LogP contribution is -2.38. The van der Waals surface area contributed by atoms with Crippen molar-refractivity contribution in [3.63, 3.8) is 0 Å². The van der Waals surface area contributed by atoms with Crippen LogP contribution in [0.25, 0.3) is 0 Å². The summed E-state index contributed by atoms with van der Waals surface area (Å²) in [6.07, 6.45) is 0.595. The highest BCUT2D eigenvalue weighted by molar-refractivity contribution is 5.78. The minimum Gasteiger partial charge on any atom is -0.342 e. The summed E-state index contributed by atoms with van der Waals surface area (Å²) in [6, 6.07) is 6.72. The van der Waals surface area contributed by atoms with Gasteiger partial charge in [-0.3, -0.25) is 4.79 Å². The van der Waals surface area contributed by atoms with Crippen LogP contribution in [0.15, 0.2) is 24.3 Å². The first-order valence-electron chi connectivity index (χ1n) is 6.40. The molecule has 18 heavy (non-hydrogen) atoms. The zero-order valence-corrected chi connectivity index (χ0v) is 11.1. The largest absolute Gasteiger partial charge is 0.342 e. The molecule has 0 bridgehead atoms. The van der Waals surface area contributed by atoms with Crippen LogP contribution in [0.5, 0.6) is 0 Å². The molecule has 0 aliphatic heterocycles. The average molecular weight is 252 g/mol. The van der Waals surface area contributed by atoms with Crippen LogP contribution in [-0.2, 0) is 11.2 Å². The van der Waals surface area contributed by atoms with E-state index in [0.29, 0.717) is 25.1 Å². The van der Waals surface area contributed by atoms with Gasteiger partial charge in [-0.15, -0.1) is 0 Å². The minimum absolute atomic E-state index is 0.0912. The molecule has 0 fully saturated rings. The molecule has 1 rings (SSSR count). The topological polar surface area (TPSA) is 32.3 Å². The molecule has 0 unspecified atom stereocenters. The van der Waals surface area contributed by atoms with E-state index in [4.69, 9.17) is 0 Å². The van der Waals surface area contributed by atoms with Crippen LogP contribution in [0.3, 0.4) is 0 Å². The molecule has 0 saturated heterocycles. The van der Waals surface area contributed by atoms with E-state index in [1.165, 1.54) is 6.07 Å². The molecule has 0 aliphatic rings. The zero-order chi connectivity index (χ0) is 13.4. The normalized spacial score (nSPS) is 10.4. The second kappa shape index (κ2) is 7.82. The Bertz CT molecular complexity index is 378. The zero-order valence-electron chi connectivity index (χ0n) is 11.1. The number of hydrogen-bond donors (Lipinski definition) is 1. The third-order valence-electron chi connectivity index (χ3n) is 2.92. The van der Waals surface area contributed by atoms with Gasteiger partial charge in [0.1, 0.15) is 5.82 Å². The molecule has 1 aromatic rings. The summed E-state index contributed by atoms with van der Waals surface area (Å²) < 4.78 is 13.3. The van der Waals surface area contributed by atoms with E-state index in [2.05, 4.69) is 5.32 Å². The van der Waals surface area contributed by atoms with E-state index in [1.54, 1.807) is 17.0 Å². The maximum Gasteiger partial charge on any atom is 0.236 e. The lowest BCUT2D eigenvalue weighted by Gasteiger charge is -2.18. The Morgan fingerprint density at radius 3 is 2.56 bits per heavy atom. The number of nitrogens with one attached hydrogen (secondary N) is 1. The Labute approximate surface area is 108 Å². The maximum atomic E-state index is 13.3. The summed E-state index contributed by atoms with van der Waals surface area (Å²) >= 11 is 0. The molecule has 0 spiro atoms.